The van der Waals surface area contributed by atoms with Crippen LogP contribution in [0.25, 0.3) is 0 Å². The quantitative estimate of drug-likeness (QED) is 0.935. The number of ether oxygens (including phenoxy) is 1. The molecule has 0 aromatic carbocycles. The number of carbonyl (C=O) groups excluding carboxylic acids is 1. The minimum Gasteiger partial charge on any atom is -0.378 e. The van der Waals surface area contributed by atoms with Crippen molar-refractivity contribution < 1.29 is 9.53 Å². The summed E-state index contributed by atoms with van der Waals surface area (Å²) in [5.41, 5.74) is 2.29. The van der Waals surface area contributed by atoms with Crippen LogP contribution in [0, 0.1) is 6.92 Å². The Labute approximate surface area is 140 Å². The van der Waals surface area contributed by atoms with Crippen LogP contribution in [0.3, 0.4) is 0 Å². The van der Waals surface area contributed by atoms with Crippen molar-refractivity contribution in [2.75, 3.05) is 36.5 Å². The summed E-state index contributed by atoms with van der Waals surface area (Å²) in [5, 5.41) is 2.87. The summed E-state index contributed by atoms with van der Waals surface area (Å²) in [7, 11) is 0. The maximum Gasteiger partial charge on any atom is 0.266 e. The average molecular weight is 331 g/mol. The fourth-order valence-corrected chi connectivity index (χ4v) is 3.64. The van der Waals surface area contributed by atoms with Gasteiger partial charge in [-0.1, -0.05) is 6.92 Å². The van der Waals surface area contributed by atoms with Crippen LogP contribution in [0.2, 0.25) is 0 Å². The fraction of sp³-hybridized carbons (Fsp3) is 0.412. The Hall–Kier alpha value is -1.92. The summed E-state index contributed by atoms with van der Waals surface area (Å²) in [6, 6.07) is 5.81. The molecule has 1 saturated heterocycles. The average Bonchev–Trinajstić information content (AvgIpc) is 2.97. The van der Waals surface area contributed by atoms with Crippen LogP contribution in [-0.4, -0.2) is 37.2 Å². The number of pyridine rings is 1. The molecule has 1 aliphatic heterocycles. The Morgan fingerprint density at radius 2 is 2.17 bits per heavy atom. The third kappa shape index (κ3) is 3.71. The molecule has 1 fully saturated rings. The lowest BCUT2D eigenvalue weighted by molar-refractivity contribution is 0.103. The van der Waals surface area contributed by atoms with Gasteiger partial charge in [-0.3, -0.25) is 4.79 Å². The summed E-state index contributed by atoms with van der Waals surface area (Å²) in [5.74, 6) is 0.487. The zero-order valence-electron chi connectivity index (χ0n) is 13.5. The lowest BCUT2D eigenvalue weighted by Crippen LogP contribution is -2.36. The second-order valence-electron chi connectivity index (χ2n) is 5.50. The van der Waals surface area contributed by atoms with Crippen molar-refractivity contribution in [1.82, 2.24) is 4.98 Å². The molecular weight excluding hydrogens is 310 g/mol. The number of amides is 1. The molecule has 3 rings (SSSR count). The van der Waals surface area contributed by atoms with E-state index in [1.807, 2.05) is 18.2 Å². The molecule has 122 valence electrons. The Kier molecular flexibility index (Phi) is 4.93. The van der Waals surface area contributed by atoms with E-state index in [9.17, 15) is 4.79 Å². The monoisotopic (exact) mass is 331 g/mol. The van der Waals surface area contributed by atoms with E-state index in [0.717, 1.165) is 43.3 Å². The number of anilines is 2. The van der Waals surface area contributed by atoms with Crippen molar-refractivity contribution in [3.63, 3.8) is 0 Å². The molecule has 0 atom stereocenters. The van der Waals surface area contributed by atoms with Crippen LogP contribution in [0.5, 0.6) is 0 Å². The van der Waals surface area contributed by atoms with Gasteiger partial charge in [-0.05, 0) is 37.1 Å². The highest BCUT2D eigenvalue weighted by Gasteiger charge is 2.14. The number of hydrogen-bond donors (Lipinski definition) is 1. The summed E-state index contributed by atoms with van der Waals surface area (Å²) < 4.78 is 5.35. The maximum absolute atomic E-state index is 12.3. The first-order chi connectivity index (χ1) is 11.2. The molecule has 0 radical (unpaired) electrons. The van der Waals surface area contributed by atoms with Gasteiger partial charge < -0.3 is 15.0 Å². The molecule has 1 N–H and O–H groups in total. The normalized spacial score (nSPS) is 14.8. The van der Waals surface area contributed by atoms with E-state index >= 15 is 0 Å². The third-order valence-corrected chi connectivity index (χ3v) is 5.08. The van der Waals surface area contributed by atoms with E-state index in [2.05, 4.69) is 29.0 Å². The molecule has 3 heterocycles. The first kappa shape index (κ1) is 16.0. The van der Waals surface area contributed by atoms with Crippen molar-refractivity contribution in [1.29, 1.82) is 0 Å². The molecule has 1 amide bonds. The van der Waals surface area contributed by atoms with E-state index in [0.29, 0.717) is 5.82 Å². The summed E-state index contributed by atoms with van der Waals surface area (Å²) in [6.45, 7) is 7.40. The zero-order valence-corrected chi connectivity index (χ0v) is 14.3. The molecule has 0 bridgehead atoms. The number of thiophene rings is 1. The van der Waals surface area contributed by atoms with Gasteiger partial charge in [0, 0.05) is 18.0 Å². The molecule has 0 aliphatic carbocycles. The summed E-state index contributed by atoms with van der Waals surface area (Å²) in [6.07, 6.45) is 2.75. The Morgan fingerprint density at radius 3 is 2.78 bits per heavy atom. The lowest BCUT2D eigenvalue weighted by atomic mass is 10.2. The highest BCUT2D eigenvalue weighted by Crippen LogP contribution is 2.23. The molecule has 0 unspecified atom stereocenters. The number of nitrogens with zero attached hydrogens (tertiary/aromatic N) is 2. The second-order valence-corrected chi connectivity index (χ2v) is 6.76. The number of rotatable bonds is 4. The molecule has 5 nitrogen and oxygen atoms in total. The van der Waals surface area contributed by atoms with Crippen molar-refractivity contribution in [2.45, 2.75) is 20.3 Å². The predicted molar refractivity (Wildman–Crippen MR) is 93.7 cm³/mol. The van der Waals surface area contributed by atoms with Crippen LogP contribution in [0.15, 0.2) is 24.4 Å². The van der Waals surface area contributed by atoms with Gasteiger partial charge in [0.25, 0.3) is 5.91 Å². The van der Waals surface area contributed by atoms with Crippen LogP contribution in [0.4, 0.5) is 11.5 Å². The smallest absolute Gasteiger partial charge is 0.266 e. The van der Waals surface area contributed by atoms with Gasteiger partial charge in [-0.25, -0.2) is 4.98 Å². The van der Waals surface area contributed by atoms with Crippen molar-refractivity contribution in [3.8, 4) is 0 Å². The minimum atomic E-state index is -0.0931. The molecule has 23 heavy (non-hydrogen) atoms. The van der Waals surface area contributed by atoms with Crippen LogP contribution in [-0.2, 0) is 11.2 Å². The van der Waals surface area contributed by atoms with Crippen LogP contribution >= 0.6 is 11.3 Å². The third-order valence-electron chi connectivity index (χ3n) is 3.99. The van der Waals surface area contributed by atoms with Gasteiger partial charge in [0.15, 0.2) is 0 Å². The Morgan fingerprint density at radius 1 is 1.39 bits per heavy atom. The largest absolute Gasteiger partial charge is 0.378 e. The topological polar surface area (TPSA) is 54.5 Å². The minimum absolute atomic E-state index is 0.0931. The standard InChI is InChI=1S/C17H21N3O2S/c1-3-13-10-15(23-12(13)2)17(21)19-16-5-4-14(11-18-16)20-6-8-22-9-7-20/h4-5,10-11H,3,6-9H2,1-2H3,(H,18,19,21). The number of carbonyl (C=O) groups is 1. The zero-order chi connectivity index (χ0) is 16.2. The Balaban J connectivity index is 1.66. The SMILES string of the molecule is CCc1cc(C(=O)Nc2ccc(N3CCOCC3)cn2)sc1C. The molecule has 1 aliphatic rings. The molecule has 2 aromatic heterocycles. The van der Waals surface area contributed by atoms with Gasteiger partial charge >= 0.3 is 0 Å². The number of nitrogens with one attached hydrogen (secondary N) is 1. The van der Waals surface area contributed by atoms with E-state index in [-0.39, 0.29) is 5.91 Å². The predicted octanol–water partition coefficient (Wildman–Crippen LogP) is 3.10. The first-order valence-electron chi connectivity index (χ1n) is 7.86. The van der Waals surface area contributed by atoms with Gasteiger partial charge in [-0.15, -0.1) is 11.3 Å². The highest BCUT2D eigenvalue weighted by atomic mass is 32.1. The number of aromatic nitrogens is 1. The van der Waals surface area contributed by atoms with Gasteiger partial charge in [-0.2, -0.15) is 0 Å². The van der Waals surface area contributed by atoms with E-state index in [1.165, 1.54) is 21.8 Å². The number of aryl methyl sites for hydroxylation is 2. The fourth-order valence-electron chi connectivity index (χ4n) is 2.63. The molecule has 0 spiro atoms. The Bertz CT molecular complexity index is 676. The molecule has 0 saturated carbocycles. The molecular formula is C17H21N3O2S. The van der Waals surface area contributed by atoms with E-state index in [4.69, 9.17) is 4.74 Å². The first-order valence-corrected chi connectivity index (χ1v) is 8.68. The number of hydrogen-bond acceptors (Lipinski definition) is 5. The molecule has 2 aromatic rings. The van der Waals surface area contributed by atoms with E-state index in [1.54, 1.807) is 6.20 Å². The van der Waals surface area contributed by atoms with Gasteiger partial charge in [0.1, 0.15) is 5.82 Å². The van der Waals surface area contributed by atoms with Crippen LogP contribution < -0.4 is 10.2 Å². The highest BCUT2D eigenvalue weighted by molar-refractivity contribution is 7.14. The molecule has 6 heteroatoms. The van der Waals surface area contributed by atoms with Crippen LogP contribution in [0.1, 0.15) is 27.0 Å². The van der Waals surface area contributed by atoms with E-state index < -0.39 is 0 Å². The lowest BCUT2D eigenvalue weighted by Gasteiger charge is -2.28. The van der Waals surface area contributed by atoms with Gasteiger partial charge in [0.05, 0.1) is 30.0 Å². The van der Waals surface area contributed by atoms with Gasteiger partial charge in [0.2, 0.25) is 0 Å². The van der Waals surface area contributed by atoms with Crippen molar-refractivity contribution in [3.05, 3.63) is 39.7 Å². The van der Waals surface area contributed by atoms with Crippen molar-refractivity contribution in [2.24, 2.45) is 0 Å². The summed E-state index contributed by atoms with van der Waals surface area (Å²) in [4.78, 5) is 20.8. The van der Waals surface area contributed by atoms with Crippen molar-refractivity contribution >= 4 is 28.7 Å². The second kappa shape index (κ2) is 7.10. The summed E-state index contributed by atoms with van der Waals surface area (Å²) >= 11 is 1.53. The maximum atomic E-state index is 12.3. The number of morpholine rings is 1.